The van der Waals surface area contributed by atoms with Crippen LogP contribution in [0.25, 0.3) is 0 Å². The molecule has 2 heterocycles. The summed E-state index contributed by atoms with van der Waals surface area (Å²) in [7, 11) is 0. The molecule has 0 aromatic heterocycles. The van der Waals surface area contributed by atoms with Crippen molar-refractivity contribution >= 4 is 23.5 Å². The second-order valence-electron chi connectivity index (χ2n) is 6.65. The molecule has 1 fully saturated rings. The number of fused-ring (bicyclic) bond motifs is 1. The van der Waals surface area contributed by atoms with Gasteiger partial charge in [0, 0.05) is 17.7 Å². The number of esters is 1. The van der Waals surface area contributed by atoms with Gasteiger partial charge in [0.1, 0.15) is 11.9 Å². The van der Waals surface area contributed by atoms with Gasteiger partial charge in [0.25, 0.3) is 0 Å². The van der Waals surface area contributed by atoms with E-state index in [4.69, 9.17) is 4.74 Å². The molecule has 0 aliphatic carbocycles. The predicted octanol–water partition coefficient (Wildman–Crippen LogP) is 2.93. The lowest BCUT2D eigenvalue weighted by Crippen LogP contribution is -2.43. The highest BCUT2D eigenvalue weighted by molar-refractivity contribution is 6.00. The number of carbonyl (C=O) groups is 3. The zero-order chi connectivity index (χ0) is 19.1. The van der Waals surface area contributed by atoms with Crippen molar-refractivity contribution in [3.63, 3.8) is 0 Å². The maximum Gasteiger partial charge on any atom is 0.340 e. The highest BCUT2D eigenvalue weighted by Crippen LogP contribution is 2.38. The summed E-state index contributed by atoms with van der Waals surface area (Å²) in [4.78, 5) is 38.6. The average molecular weight is 368 g/mol. The molecule has 1 saturated heterocycles. The van der Waals surface area contributed by atoms with Crippen LogP contribution in [0.2, 0.25) is 0 Å². The number of ether oxygens (including phenoxy) is 1. The Morgan fingerprint density at radius 3 is 2.78 bits per heavy atom. The summed E-state index contributed by atoms with van der Waals surface area (Å²) in [6.45, 7) is 1.63. The molecule has 2 aliphatic heterocycles. The molecule has 2 aromatic carbocycles. The van der Waals surface area contributed by atoms with Gasteiger partial charge in [-0.1, -0.05) is 24.3 Å². The van der Waals surface area contributed by atoms with Crippen LogP contribution >= 0.6 is 0 Å². The Balaban J connectivity index is 1.59. The molecule has 7 heteroatoms. The van der Waals surface area contributed by atoms with Crippen molar-refractivity contribution < 1.29 is 23.5 Å². The van der Waals surface area contributed by atoms with Crippen LogP contribution in [0.15, 0.2) is 42.5 Å². The molecule has 4 rings (SSSR count). The molecule has 0 unspecified atom stereocenters. The fourth-order valence-electron chi connectivity index (χ4n) is 3.48. The number of nitrogens with one attached hydrogen (secondary N) is 1. The number of benzene rings is 2. The van der Waals surface area contributed by atoms with Crippen molar-refractivity contribution in [3.8, 4) is 0 Å². The monoisotopic (exact) mass is 368 g/mol. The van der Waals surface area contributed by atoms with Crippen LogP contribution in [0.5, 0.6) is 0 Å². The molecule has 6 nitrogen and oxygen atoms in total. The standard InChI is InChI=1S/C20H17FN2O4/c1-11-6-7-12(10-15(11)21)22-18(25)16-8-9-17(24)23(16)19-13-4-2-3-5-14(13)20(26)27-19/h2-7,10,16,19H,8-9H2,1H3,(H,22,25)/t16-,19-/m1/s1. The second kappa shape index (κ2) is 6.50. The molecule has 2 aliphatic rings. The van der Waals surface area contributed by atoms with Crippen LogP contribution in [0.4, 0.5) is 10.1 Å². The number of likely N-dealkylation sites (tertiary alicyclic amines) is 1. The lowest BCUT2D eigenvalue weighted by atomic mass is 10.1. The van der Waals surface area contributed by atoms with Gasteiger partial charge in [0.2, 0.25) is 18.0 Å². The number of hydrogen-bond acceptors (Lipinski definition) is 4. The maximum absolute atomic E-state index is 13.7. The SMILES string of the molecule is Cc1ccc(NC(=O)[C@H]2CCC(=O)N2[C@@H]2OC(=O)c3ccccc32)cc1F. The summed E-state index contributed by atoms with van der Waals surface area (Å²) >= 11 is 0. The molecule has 0 spiro atoms. The van der Waals surface area contributed by atoms with Crippen molar-refractivity contribution in [3.05, 3.63) is 65.0 Å². The molecule has 27 heavy (non-hydrogen) atoms. The van der Waals surface area contributed by atoms with E-state index in [9.17, 15) is 18.8 Å². The van der Waals surface area contributed by atoms with Crippen LogP contribution in [0.1, 0.15) is 40.6 Å². The number of aryl methyl sites for hydroxylation is 1. The molecule has 0 bridgehead atoms. The number of rotatable bonds is 3. The first-order chi connectivity index (χ1) is 13.0. The second-order valence-corrected chi connectivity index (χ2v) is 6.65. The third-order valence-corrected chi connectivity index (χ3v) is 4.92. The minimum Gasteiger partial charge on any atom is -0.433 e. The van der Waals surface area contributed by atoms with Gasteiger partial charge in [-0.15, -0.1) is 0 Å². The van der Waals surface area contributed by atoms with E-state index in [0.717, 1.165) is 0 Å². The van der Waals surface area contributed by atoms with Crippen LogP contribution in [-0.2, 0) is 14.3 Å². The Morgan fingerprint density at radius 1 is 1.22 bits per heavy atom. The van der Waals surface area contributed by atoms with Gasteiger partial charge in [0.05, 0.1) is 5.56 Å². The number of hydrogen-bond donors (Lipinski definition) is 1. The van der Waals surface area contributed by atoms with Crippen molar-refractivity contribution in [2.45, 2.75) is 32.0 Å². The van der Waals surface area contributed by atoms with E-state index >= 15 is 0 Å². The van der Waals surface area contributed by atoms with E-state index < -0.39 is 30.0 Å². The highest BCUT2D eigenvalue weighted by atomic mass is 19.1. The fraction of sp³-hybridized carbons (Fsp3) is 0.250. The lowest BCUT2D eigenvalue weighted by molar-refractivity contribution is -0.144. The summed E-state index contributed by atoms with van der Waals surface area (Å²) in [6.07, 6.45) is -0.444. The molecule has 1 N–H and O–H groups in total. The van der Waals surface area contributed by atoms with Crippen LogP contribution in [-0.4, -0.2) is 28.7 Å². The minimum absolute atomic E-state index is 0.177. The Bertz CT molecular complexity index is 959. The van der Waals surface area contributed by atoms with Gasteiger partial charge in [-0.25, -0.2) is 9.18 Å². The minimum atomic E-state index is -0.922. The molecule has 2 aromatic rings. The van der Waals surface area contributed by atoms with Gasteiger partial charge >= 0.3 is 5.97 Å². The van der Waals surface area contributed by atoms with Crippen LogP contribution in [0, 0.1) is 12.7 Å². The number of anilines is 1. The van der Waals surface area contributed by atoms with Gasteiger partial charge in [-0.3, -0.25) is 14.5 Å². The third kappa shape index (κ3) is 2.95. The first-order valence-corrected chi connectivity index (χ1v) is 8.64. The number of carbonyl (C=O) groups excluding carboxylic acids is 3. The first kappa shape index (κ1) is 17.2. The third-order valence-electron chi connectivity index (χ3n) is 4.92. The Labute approximate surface area is 154 Å². The van der Waals surface area contributed by atoms with Crippen molar-refractivity contribution in [2.75, 3.05) is 5.32 Å². The summed E-state index contributed by atoms with van der Waals surface area (Å²) in [5, 5.41) is 2.65. The quantitative estimate of drug-likeness (QED) is 0.846. The summed E-state index contributed by atoms with van der Waals surface area (Å²) in [5.41, 5.74) is 1.74. The molecule has 2 amide bonds. The van der Waals surface area contributed by atoms with Crippen LogP contribution in [0.3, 0.4) is 0 Å². The lowest BCUT2D eigenvalue weighted by Gasteiger charge is -2.29. The highest BCUT2D eigenvalue weighted by Gasteiger charge is 2.46. The topological polar surface area (TPSA) is 75.7 Å². The van der Waals surface area contributed by atoms with E-state index in [1.807, 2.05) is 0 Å². The van der Waals surface area contributed by atoms with Gasteiger partial charge in [-0.2, -0.15) is 0 Å². The molecule has 0 radical (unpaired) electrons. The van der Waals surface area contributed by atoms with E-state index in [-0.39, 0.29) is 12.3 Å². The summed E-state index contributed by atoms with van der Waals surface area (Å²) < 4.78 is 19.1. The van der Waals surface area contributed by atoms with E-state index in [1.54, 1.807) is 43.3 Å². The number of nitrogens with zero attached hydrogens (tertiary/aromatic N) is 1. The maximum atomic E-state index is 13.7. The first-order valence-electron chi connectivity index (χ1n) is 8.64. The molecular formula is C20H17FN2O4. The number of amides is 2. The number of halogens is 1. The molecule has 138 valence electrons. The smallest absolute Gasteiger partial charge is 0.340 e. The summed E-state index contributed by atoms with van der Waals surface area (Å²) in [5.74, 6) is -1.65. The van der Waals surface area contributed by atoms with Crippen LogP contribution < -0.4 is 5.32 Å². The Morgan fingerprint density at radius 2 is 2.00 bits per heavy atom. The van der Waals surface area contributed by atoms with E-state index in [2.05, 4.69) is 5.32 Å². The van der Waals surface area contributed by atoms with Crippen molar-refractivity contribution in [1.29, 1.82) is 0 Å². The van der Waals surface area contributed by atoms with Gasteiger partial charge < -0.3 is 10.1 Å². The normalized spacial score (nSPS) is 21.2. The van der Waals surface area contributed by atoms with Crippen molar-refractivity contribution in [2.24, 2.45) is 0 Å². The average Bonchev–Trinajstić information content (AvgIpc) is 3.19. The molecule has 0 saturated carbocycles. The van der Waals surface area contributed by atoms with E-state index in [0.29, 0.717) is 28.8 Å². The number of cyclic esters (lactones) is 1. The fourth-order valence-corrected chi connectivity index (χ4v) is 3.48. The predicted molar refractivity (Wildman–Crippen MR) is 94.2 cm³/mol. The largest absolute Gasteiger partial charge is 0.433 e. The van der Waals surface area contributed by atoms with E-state index in [1.165, 1.54) is 11.0 Å². The molecular weight excluding hydrogens is 351 g/mol. The Kier molecular flexibility index (Phi) is 4.14. The Hall–Kier alpha value is -3.22. The van der Waals surface area contributed by atoms with Gasteiger partial charge in [-0.05, 0) is 37.1 Å². The zero-order valence-corrected chi connectivity index (χ0v) is 14.6. The van der Waals surface area contributed by atoms with Crippen molar-refractivity contribution in [1.82, 2.24) is 4.90 Å². The van der Waals surface area contributed by atoms with Gasteiger partial charge in [0.15, 0.2) is 0 Å². The summed E-state index contributed by atoms with van der Waals surface area (Å²) in [6, 6.07) is 10.4. The molecule has 2 atom stereocenters. The zero-order valence-electron chi connectivity index (χ0n) is 14.6.